The molecule has 3 N–H and O–H groups in total. The van der Waals surface area contributed by atoms with Crippen LogP contribution in [-0.2, 0) is 15.9 Å². The molecule has 202 valence electrons. The van der Waals surface area contributed by atoms with Crippen LogP contribution in [0.25, 0.3) is 33.2 Å². The minimum absolute atomic E-state index is 0.282. The number of nitrogens with two attached hydrogens (primary N) is 1. The normalized spacial score (nSPS) is 17.7. The molecule has 3 aromatic heterocycles. The first-order valence-corrected chi connectivity index (χ1v) is 13.5. The molecule has 0 radical (unpaired) electrons. The maximum absolute atomic E-state index is 6.43. The smallest absolute Gasteiger partial charge is 0.146 e. The summed E-state index contributed by atoms with van der Waals surface area (Å²) in [6.07, 6.45) is 8.76. The molecule has 0 unspecified atom stereocenters. The fourth-order valence-electron chi connectivity index (χ4n) is 5.73. The number of methoxy groups -OCH3 is 2. The van der Waals surface area contributed by atoms with Crippen LogP contribution >= 0.6 is 0 Å². The van der Waals surface area contributed by atoms with Crippen molar-refractivity contribution in [3.63, 3.8) is 0 Å². The molecule has 1 saturated carbocycles. The van der Waals surface area contributed by atoms with E-state index in [0.29, 0.717) is 31.5 Å². The SMILES string of the molecule is COCCO[C@H]1CC[C@H](n2cc(-c3ccc4[nH]c(Cc5ccccc5OC)nc4c3)c3c(N)ncnc32)CC1. The summed E-state index contributed by atoms with van der Waals surface area (Å²) in [6, 6.07) is 14.7. The number of H-pyrrole nitrogens is 1. The molecule has 0 spiro atoms. The van der Waals surface area contributed by atoms with Gasteiger partial charge in [0.1, 0.15) is 29.4 Å². The molecule has 3 heterocycles. The lowest BCUT2D eigenvalue weighted by atomic mass is 9.93. The van der Waals surface area contributed by atoms with E-state index >= 15 is 0 Å². The predicted octanol–water partition coefficient (Wildman–Crippen LogP) is 5.30. The molecule has 9 heteroatoms. The minimum Gasteiger partial charge on any atom is -0.496 e. The second-order valence-electron chi connectivity index (χ2n) is 10.1. The molecule has 0 bridgehead atoms. The van der Waals surface area contributed by atoms with Crippen molar-refractivity contribution in [3.05, 3.63) is 66.4 Å². The second-order valence-corrected chi connectivity index (χ2v) is 10.1. The number of anilines is 1. The first-order valence-electron chi connectivity index (χ1n) is 13.5. The third-order valence-electron chi connectivity index (χ3n) is 7.71. The number of aromatic nitrogens is 5. The number of fused-ring (bicyclic) bond motifs is 2. The fourth-order valence-corrected chi connectivity index (χ4v) is 5.73. The molecule has 5 aromatic rings. The molecule has 0 saturated heterocycles. The third kappa shape index (κ3) is 5.07. The minimum atomic E-state index is 0.282. The highest BCUT2D eigenvalue weighted by molar-refractivity contribution is 6.01. The van der Waals surface area contributed by atoms with Gasteiger partial charge in [-0.3, -0.25) is 0 Å². The zero-order valence-corrected chi connectivity index (χ0v) is 22.4. The summed E-state index contributed by atoms with van der Waals surface area (Å²) in [5.41, 5.74) is 12.4. The lowest BCUT2D eigenvalue weighted by Gasteiger charge is -2.29. The number of hydrogen-bond acceptors (Lipinski definition) is 7. The summed E-state index contributed by atoms with van der Waals surface area (Å²) in [5.74, 6) is 2.24. The first kappa shape index (κ1) is 25.3. The van der Waals surface area contributed by atoms with Crippen molar-refractivity contribution in [1.82, 2.24) is 24.5 Å². The van der Waals surface area contributed by atoms with E-state index in [-0.39, 0.29) is 6.10 Å². The van der Waals surface area contributed by atoms with Crippen LogP contribution in [0.1, 0.15) is 43.1 Å². The summed E-state index contributed by atoms with van der Waals surface area (Å²) in [4.78, 5) is 17.4. The third-order valence-corrected chi connectivity index (χ3v) is 7.71. The number of benzene rings is 2. The van der Waals surface area contributed by atoms with Gasteiger partial charge in [-0.15, -0.1) is 0 Å². The summed E-state index contributed by atoms with van der Waals surface area (Å²) < 4.78 is 18.9. The van der Waals surface area contributed by atoms with Crippen molar-refractivity contribution >= 4 is 27.9 Å². The van der Waals surface area contributed by atoms with Gasteiger partial charge in [-0.2, -0.15) is 0 Å². The van der Waals surface area contributed by atoms with Crippen molar-refractivity contribution in [2.45, 2.75) is 44.2 Å². The molecular weight excluding hydrogens is 492 g/mol. The number of imidazole rings is 1. The quantitative estimate of drug-likeness (QED) is 0.251. The number of rotatable bonds is 9. The molecule has 1 aliphatic carbocycles. The number of hydrogen-bond donors (Lipinski definition) is 2. The van der Waals surface area contributed by atoms with E-state index < -0.39 is 0 Å². The van der Waals surface area contributed by atoms with Crippen molar-refractivity contribution in [2.75, 3.05) is 33.2 Å². The lowest BCUT2D eigenvalue weighted by molar-refractivity contribution is -0.00621. The highest BCUT2D eigenvalue weighted by atomic mass is 16.5. The molecule has 1 aliphatic rings. The van der Waals surface area contributed by atoms with Crippen LogP contribution < -0.4 is 10.5 Å². The van der Waals surface area contributed by atoms with Gasteiger partial charge in [0.2, 0.25) is 0 Å². The fraction of sp³-hybridized carbons (Fsp3) is 0.367. The molecule has 39 heavy (non-hydrogen) atoms. The topological polar surface area (TPSA) is 113 Å². The standard InChI is InChI=1S/C30H34N6O3/c1-37-13-14-39-22-10-8-21(9-11-22)36-17-23(28-29(31)32-18-33-30(28)36)19-7-12-24-25(15-19)35-27(34-24)16-20-5-3-4-6-26(20)38-2/h3-7,12,15,17-18,21-22H,8-11,13-14,16H2,1-2H3,(H,34,35)(H2,31,32,33)/t21-,22-. The summed E-state index contributed by atoms with van der Waals surface area (Å²) >= 11 is 0. The van der Waals surface area contributed by atoms with Crippen LogP contribution in [0.5, 0.6) is 5.75 Å². The van der Waals surface area contributed by atoms with Gasteiger partial charge < -0.3 is 29.5 Å². The van der Waals surface area contributed by atoms with Crippen LogP contribution in [0.2, 0.25) is 0 Å². The number of para-hydroxylation sites is 1. The maximum Gasteiger partial charge on any atom is 0.146 e. The summed E-state index contributed by atoms with van der Waals surface area (Å²) in [5, 5.41) is 0.889. The molecule has 9 nitrogen and oxygen atoms in total. The number of ether oxygens (including phenoxy) is 3. The molecule has 6 rings (SSSR count). The Kier molecular flexibility index (Phi) is 7.17. The molecule has 2 aromatic carbocycles. The van der Waals surface area contributed by atoms with Crippen LogP contribution in [-0.4, -0.2) is 58.0 Å². The van der Waals surface area contributed by atoms with E-state index in [0.717, 1.165) is 76.0 Å². The second kappa shape index (κ2) is 11.0. The van der Waals surface area contributed by atoms with Gasteiger partial charge in [-0.05, 0) is 49.4 Å². The molecule has 0 amide bonds. The van der Waals surface area contributed by atoms with E-state index in [1.807, 2.05) is 18.2 Å². The van der Waals surface area contributed by atoms with Gasteiger partial charge in [0.05, 0.1) is 42.8 Å². The van der Waals surface area contributed by atoms with Crippen molar-refractivity contribution < 1.29 is 14.2 Å². The molecule has 0 aliphatic heterocycles. The zero-order valence-electron chi connectivity index (χ0n) is 22.4. The van der Waals surface area contributed by atoms with Crippen LogP contribution in [0.15, 0.2) is 55.0 Å². The van der Waals surface area contributed by atoms with Gasteiger partial charge in [0, 0.05) is 36.9 Å². The lowest BCUT2D eigenvalue weighted by Crippen LogP contribution is -2.24. The summed E-state index contributed by atoms with van der Waals surface area (Å²) in [7, 11) is 3.39. The Morgan fingerprint density at radius 2 is 1.87 bits per heavy atom. The van der Waals surface area contributed by atoms with Gasteiger partial charge in [0.25, 0.3) is 0 Å². The van der Waals surface area contributed by atoms with Crippen LogP contribution in [0.3, 0.4) is 0 Å². The Morgan fingerprint density at radius 1 is 1.03 bits per heavy atom. The Morgan fingerprint density at radius 3 is 2.69 bits per heavy atom. The Labute approximate surface area is 227 Å². The number of nitrogens with one attached hydrogen (secondary N) is 1. The number of aromatic amines is 1. The summed E-state index contributed by atoms with van der Waals surface area (Å²) in [6.45, 7) is 1.27. The van der Waals surface area contributed by atoms with E-state index in [1.165, 1.54) is 0 Å². The first-order chi connectivity index (χ1) is 19.1. The van der Waals surface area contributed by atoms with Gasteiger partial charge in [-0.1, -0.05) is 24.3 Å². The Hall–Kier alpha value is -3.95. The molecule has 1 fully saturated rings. The van der Waals surface area contributed by atoms with Gasteiger partial charge in [-0.25, -0.2) is 15.0 Å². The Bertz CT molecular complexity index is 1580. The highest BCUT2D eigenvalue weighted by Gasteiger charge is 2.26. The van der Waals surface area contributed by atoms with E-state index in [2.05, 4.69) is 50.0 Å². The number of nitrogen functional groups attached to an aromatic ring is 1. The monoisotopic (exact) mass is 526 g/mol. The predicted molar refractivity (Wildman–Crippen MR) is 152 cm³/mol. The van der Waals surface area contributed by atoms with Crippen LogP contribution in [0, 0.1) is 0 Å². The van der Waals surface area contributed by atoms with Crippen LogP contribution in [0.4, 0.5) is 5.82 Å². The average molecular weight is 527 g/mol. The van der Waals surface area contributed by atoms with Gasteiger partial charge >= 0.3 is 0 Å². The van der Waals surface area contributed by atoms with E-state index in [4.69, 9.17) is 24.9 Å². The highest BCUT2D eigenvalue weighted by Crippen LogP contribution is 2.39. The molecule has 0 atom stereocenters. The Balaban J connectivity index is 1.30. The average Bonchev–Trinajstić information content (AvgIpc) is 3.55. The number of nitrogens with zero attached hydrogens (tertiary/aromatic N) is 4. The zero-order chi connectivity index (χ0) is 26.8. The van der Waals surface area contributed by atoms with E-state index in [9.17, 15) is 0 Å². The van der Waals surface area contributed by atoms with Crippen molar-refractivity contribution in [2.24, 2.45) is 0 Å². The molecular formula is C30H34N6O3. The van der Waals surface area contributed by atoms with Gasteiger partial charge in [0.15, 0.2) is 0 Å². The van der Waals surface area contributed by atoms with Crippen molar-refractivity contribution in [3.8, 4) is 16.9 Å². The maximum atomic E-state index is 6.43. The largest absolute Gasteiger partial charge is 0.496 e. The van der Waals surface area contributed by atoms with Crippen molar-refractivity contribution in [1.29, 1.82) is 0 Å². The van der Waals surface area contributed by atoms with E-state index in [1.54, 1.807) is 20.5 Å².